The third-order valence-electron chi connectivity index (χ3n) is 8.39. The van der Waals surface area contributed by atoms with Gasteiger partial charge in [0.1, 0.15) is 11.2 Å². The molecule has 6 bridgehead atoms. The number of ether oxygens (including phenoxy) is 3. The van der Waals surface area contributed by atoms with Crippen LogP contribution >= 0.6 is 0 Å². The molecule has 6 unspecified atom stereocenters. The Bertz CT molecular complexity index is 1250. The molecule has 35 heavy (non-hydrogen) atoms. The number of nitrogens with zero attached hydrogens (tertiary/aromatic N) is 2. The third-order valence-corrected chi connectivity index (χ3v) is 8.39. The van der Waals surface area contributed by atoms with Crippen LogP contribution in [0.25, 0.3) is 10.9 Å². The molecule has 3 saturated heterocycles. The van der Waals surface area contributed by atoms with Gasteiger partial charge in [0, 0.05) is 29.5 Å². The van der Waals surface area contributed by atoms with E-state index in [4.69, 9.17) is 14.2 Å². The van der Waals surface area contributed by atoms with E-state index in [1.807, 2.05) is 24.3 Å². The van der Waals surface area contributed by atoms with Crippen molar-refractivity contribution >= 4 is 23.0 Å². The van der Waals surface area contributed by atoms with E-state index in [-0.39, 0.29) is 25.7 Å². The first-order chi connectivity index (χ1) is 16.5. The van der Waals surface area contributed by atoms with E-state index in [0.29, 0.717) is 24.2 Å². The zero-order chi connectivity index (χ0) is 25.0. The van der Waals surface area contributed by atoms with Crippen LogP contribution in [-0.4, -0.2) is 75.0 Å². The molecule has 0 saturated carbocycles. The summed E-state index contributed by atoms with van der Waals surface area (Å²) in [7, 11) is 0. The number of carbonyl (C=O) groups excluding carboxylic acids is 2. The number of carbonyl (C=O) groups is 2. The first kappa shape index (κ1) is 23.0. The molecule has 3 fully saturated rings. The van der Waals surface area contributed by atoms with Gasteiger partial charge in [-0.25, -0.2) is 9.36 Å². The average Bonchev–Trinajstić information content (AvgIpc) is 3.37. The lowest BCUT2D eigenvalue weighted by Gasteiger charge is -2.45. The summed E-state index contributed by atoms with van der Waals surface area (Å²) in [6.45, 7) is 8.01. The van der Waals surface area contributed by atoms with Crippen LogP contribution in [0.4, 0.5) is 4.79 Å². The fraction of sp³-hybridized carbons (Fsp3) is 0.615. The maximum atomic E-state index is 13.9. The number of aromatic nitrogens is 1. The zero-order valence-corrected chi connectivity index (χ0v) is 20.5. The number of rotatable bonds is 2. The van der Waals surface area contributed by atoms with Crippen LogP contribution in [0.2, 0.25) is 0 Å². The predicted octanol–water partition coefficient (Wildman–Crippen LogP) is 2.46. The smallest absolute Gasteiger partial charge is 0.419 e. The normalized spacial score (nSPS) is 37.1. The van der Waals surface area contributed by atoms with Gasteiger partial charge in [0.25, 0.3) is 0 Å². The second kappa shape index (κ2) is 7.06. The fourth-order valence-electron chi connectivity index (χ4n) is 7.10. The summed E-state index contributed by atoms with van der Waals surface area (Å²) in [4.78, 5) is 29.9. The van der Waals surface area contributed by atoms with Gasteiger partial charge < -0.3 is 24.4 Å². The third kappa shape index (κ3) is 2.62. The van der Waals surface area contributed by atoms with Gasteiger partial charge in [0.2, 0.25) is 5.79 Å². The molecule has 9 heteroatoms. The largest absolute Gasteiger partial charge is 0.465 e. The van der Waals surface area contributed by atoms with Gasteiger partial charge in [-0.2, -0.15) is 0 Å². The Labute approximate surface area is 203 Å². The summed E-state index contributed by atoms with van der Waals surface area (Å²) in [6, 6.07) is 7.12. The van der Waals surface area contributed by atoms with Crippen molar-refractivity contribution in [2.75, 3.05) is 26.3 Å². The minimum absolute atomic E-state index is 0.0794. The zero-order valence-electron chi connectivity index (χ0n) is 20.5. The number of esters is 1. The van der Waals surface area contributed by atoms with E-state index < -0.39 is 40.4 Å². The molecular formula is C26H32N2O7. The van der Waals surface area contributed by atoms with Gasteiger partial charge in [0.15, 0.2) is 5.41 Å². The number of aliphatic hydroxyl groups is 2. The summed E-state index contributed by atoms with van der Waals surface area (Å²) in [5.41, 5.74) is -2.94. The summed E-state index contributed by atoms with van der Waals surface area (Å²) in [5, 5.41) is 25.3. The lowest BCUT2D eigenvalue weighted by atomic mass is 9.64. The molecule has 4 aliphatic rings. The Morgan fingerprint density at radius 3 is 2.66 bits per heavy atom. The monoisotopic (exact) mass is 484 g/mol. The Morgan fingerprint density at radius 2 is 1.94 bits per heavy atom. The molecule has 0 spiro atoms. The van der Waals surface area contributed by atoms with Gasteiger partial charge >= 0.3 is 12.1 Å². The molecule has 2 aromatic rings. The lowest BCUT2D eigenvalue weighted by Crippen LogP contribution is -2.66. The predicted molar refractivity (Wildman–Crippen MR) is 125 cm³/mol. The first-order valence-electron chi connectivity index (χ1n) is 12.4. The molecule has 9 nitrogen and oxygen atoms in total. The number of hydrogen-bond donors (Lipinski definition) is 2. The van der Waals surface area contributed by atoms with Gasteiger partial charge in [-0.15, -0.1) is 0 Å². The number of fused-ring (bicyclic) bond motifs is 4. The highest BCUT2D eigenvalue weighted by Crippen LogP contribution is 2.66. The van der Waals surface area contributed by atoms with Gasteiger partial charge in [-0.05, 0) is 53.1 Å². The van der Waals surface area contributed by atoms with Crippen LogP contribution in [-0.2, 0) is 24.4 Å². The van der Waals surface area contributed by atoms with E-state index in [1.165, 1.54) is 4.57 Å². The molecule has 3 aliphatic heterocycles. The number of para-hydroxylation sites is 1. The van der Waals surface area contributed by atoms with Crippen molar-refractivity contribution < 1.29 is 34.0 Å². The van der Waals surface area contributed by atoms with Crippen molar-refractivity contribution in [1.29, 1.82) is 0 Å². The minimum atomic E-state index is -2.00. The van der Waals surface area contributed by atoms with Crippen molar-refractivity contribution in [3.63, 3.8) is 0 Å². The standard InChI is InChI=1S/C26H32N2O7/c1-5-33-21(29)24-14-34-26(32)16-10-12-27(13-11-25(24,26)31)19(16)18-15-8-6-7-9-17(15)28(20(18)24)22(30)35-23(2,3)4/h6-9,16,19,31-32H,5,10-14H2,1-4H3. The molecule has 1 aromatic heterocycles. The van der Waals surface area contributed by atoms with E-state index in [9.17, 15) is 19.8 Å². The number of hydrogen-bond acceptors (Lipinski definition) is 8. The van der Waals surface area contributed by atoms with Gasteiger partial charge in [-0.3, -0.25) is 9.69 Å². The highest BCUT2D eigenvalue weighted by molar-refractivity contribution is 5.99. The van der Waals surface area contributed by atoms with Crippen molar-refractivity contribution in [3.8, 4) is 0 Å². The molecule has 2 N–H and O–H groups in total. The average molecular weight is 485 g/mol. The Morgan fingerprint density at radius 1 is 1.20 bits per heavy atom. The lowest BCUT2D eigenvalue weighted by molar-refractivity contribution is -0.286. The number of benzene rings is 1. The van der Waals surface area contributed by atoms with E-state index >= 15 is 0 Å². The van der Waals surface area contributed by atoms with Crippen molar-refractivity contribution in [3.05, 3.63) is 35.5 Å². The first-order valence-corrected chi connectivity index (χ1v) is 12.4. The van der Waals surface area contributed by atoms with E-state index in [0.717, 1.165) is 17.5 Å². The SMILES string of the molecule is CCOC(=O)C12COC3(O)C4CCN(CCC13O)C4c1c2n(C(=O)OC(C)(C)C)c2ccccc12. The molecule has 6 atom stereocenters. The van der Waals surface area contributed by atoms with E-state index in [1.54, 1.807) is 27.7 Å². The van der Waals surface area contributed by atoms with Crippen LogP contribution in [0, 0.1) is 5.92 Å². The van der Waals surface area contributed by atoms with E-state index in [2.05, 4.69) is 4.90 Å². The molecule has 6 rings (SSSR count). The van der Waals surface area contributed by atoms with Gasteiger partial charge in [0.05, 0.1) is 24.4 Å². The molecule has 1 aliphatic carbocycles. The highest BCUT2D eigenvalue weighted by atomic mass is 16.7. The summed E-state index contributed by atoms with van der Waals surface area (Å²) in [5.74, 6) is -3.15. The molecular weight excluding hydrogens is 452 g/mol. The topological polar surface area (TPSA) is 110 Å². The molecule has 4 heterocycles. The minimum Gasteiger partial charge on any atom is -0.465 e. The Kier molecular flexibility index (Phi) is 4.63. The summed E-state index contributed by atoms with van der Waals surface area (Å²) in [6.07, 6.45) is 0.0400. The van der Waals surface area contributed by atoms with Crippen molar-refractivity contribution in [2.45, 2.75) is 69.0 Å². The van der Waals surface area contributed by atoms with Crippen LogP contribution in [0.15, 0.2) is 24.3 Å². The van der Waals surface area contributed by atoms with Crippen molar-refractivity contribution in [1.82, 2.24) is 9.47 Å². The maximum absolute atomic E-state index is 13.9. The van der Waals surface area contributed by atoms with Crippen LogP contribution in [0.3, 0.4) is 0 Å². The molecule has 0 amide bonds. The van der Waals surface area contributed by atoms with Crippen LogP contribution in [0.1, 0.15) is 57.8 Å². The van der Waals surface area contributed by atoms with Crippen LogP contribution < -0.4 is 0 Å². The second-order valence-corrected chi connectivity index (χ2v) is 11.2. The summed E-state index contributed by atoms with van der Waals surface area (Å²) < 4.78 is 18.8. The van der Waals surface area contributed by atoms with Gasteiger partial charge in [-0.1, -0.05) is 18.2 Å². The quantitative estimate of drug-likeness (QED) is 0.626. The summed E-state index contributed by atoms with van der Waals surface area (Å²) >= 11 is 0. The Balaban J connectivity index is 1.77. The molecule has 0 radical (unpaired) electrons. The molecule has 188 valence electrons. The molecule has 1 aromatic carbocycles. The highest BCUT2D eigenvalue weighted by Gasteiger charge is 2.81. The van der Waals surface area contributed by atoms with Crippen molar-refractivity contribution in [2.24, 2.45) is 5.92 Å². The maximum Gasteiger partial charge on any atom is 0.419 e. The Hall–Kier alpha value is -2.46. The second-order valence-electron chi connectivity index (χ2n) is 11.2. The fourth-order valence-corrected chi connectivity index (χ4v) is 7.10. The van der Waals surface area contributed by atoms with Crippen LogP contribution in [0.5, 0.6) is 0 Å².